The normalized spacial score (nSPS) is 11.9. The number of nitrogens with one attached hydrogen (secondary N) is 2. The molecule has 4 rings (SSSR count). The third-order valence-electron chi connectivity index (χ3n) is 6.37. The molecule has 2 heterocycles. The molecule has 2 aromatic carbocycles. The van der Waals surface area contributed by atoms with Gasteiger partial charge in [0.15, 0.2) is 0 Å². The summed E-state index contributed by atoms with van der Waals surface area (Å²) < 4.78 is 1.36. The van der Waals surface area contributed by atoms with E-state index in [4.69, 9.17) is 0 Å². The Bertz CT molecular complexity index is 1500. The fourth-order valence-corrected chi connectivity index (χ4v) is 5.30. The fourth-order valence-electron chi connectivity index (χ4n) is 4.27. The average molecular weight is 503 g/mol. The Kier molecular flexibility index (Phi) is 7.35. The Balaban J connectivity index is 1.64. The van der Waals surface area contributed by atoms with Crippen molar-refractivity contribution in [1.29, 1.82) is 0 Å². The first-order valence-electron chi connectivity index (χ1n) is 12.0. The Morgan fingerprint density at radius 3 is 2.39 bits per heavy atom. The molecule has 1 unspecified atom stereocenters. The van der Waals surface area contributed by atoms with Gasteiger partial charge in [-0.2, -0.15) is 0 Å². The molecule has 0 spiro atoms. The number of aromatic nitrogens is 2. The lowest BCUT2D eigenvalue weighted by molar-refractivity contribution is -0.119. The zero-order valence-corrected chi connectivity index (χ0v) is 22.0. The maximum absolute atomic E-state index is 13.5. The van der Waals surface area contributed by atoms with E-state index in [1.807, 2.05) is 63.2 Å². The number of hydrogen-bond donors (Lipinski definition) is 2. The molecule has 0 aliphatic heterocycles. The van der Waals surface area contributed by atoms with Gasteiger partial charge in [0.1, 0.15) is 10.9 Å². The molecule has 0 radical (unpaired) electrons. The van der Waals surface area contributed by atoms with Crippen LogP contribution in [0.2, 0.25) is 0 Å². The van der Waals surface area contributed by atoms with Crippen LogP contribution in [-0.4, -0.2) is 21.4 Å². The zero-order chi connectivity index (χ0) is 26.0. The zero-order valence-electron chi connectivity index (χ0n) is 21.1. The van der Waals surface area contributed by atoms with Gasteiger partial charge in [0.25, 0.3) is 11.5 Å². The Hall–Kier alpha value is -3.78. The second kappa shape index (κ2) is 10.5. The summed E-state index contributed by atoms with van der Waals surface area (Å²) in [4.78, 5) is 45.0. The minimum Gasteiger partial charge on any atom is -0.324 e. The predicted molar refractivity (Wildman–Crippen MR) is 146 cm³/mol. The smallest absolute Gasteiger partial charge is 0.266 e. The second-order valence-corrected chi connectivity index (χ2v) is 9.93. The van der Waals surface area contributed by atoms with Crippen LogP contribution in [0.25, 0.3) is 10.2 Å². The minimum absolute atomic E-state index is 0.284. The quantitative estimate of drug-likeness (QED) is 0.335. The van der Waals surface area contributed by atoms with Crippen LogP contribution in [0.3, 0.4) is 0 Å². The molecule has 0 saturated carbocycles. The standard InChI is InChI=1S/C28H30N4O3S/c1-6-19-9-11-20(12-10-19)30-25(33)22(7-2)32-15-29-27-23(28(32)35)18(5)24(36-27)26(34)31-21-13-8-16(3)14-17(21)4/h8-15,22H,6-7H2,1-5H3,(H,30,33)(H,31,34). The number of thiophene rings is 1. The number of anilines is 2. The molecule has 0 aliphatic rings. The number of nitrogens with zero attached hydrogens (tertiary/aromatic N) is 2. The number of carbonyl (C=O) groups excluding carboxylic acids is 2. The summed E-state index contributed by atoms with van der Waals surface area (Å²) in [5.74, 6) is -0.570. The first kappa shape index (κ1) is 25.3. The summed E-state index contributed by atoms with van der Waals surface area (Å²) in [7, 11) is 0. The summed E-state index contributed by atoms with van der Waals surface area (Å²) in [5.41, 5.74) is 4.88. The van der Waals surface area contributed by atoms with Crippen LogP contribution in [0.15, 0.2) is 53.6 Å². The van der Waals surface area contributed by atoms with Gasteiger partial charge in [-0.05, 0) is 68.5 Å². The van der Waals surface area contributed by atoms with Crippen LogP contribution in [0.1, 0.15) is 58.2 Å². The van der Waals surface area contributed by atoms with Crippen molar-refractivity contribution >= 4 is 44.7 Å². The number of fused-ring (bicyclic) bond motifs is 1. The van der Waals surface area contributed by atoms with Gasteiger partial charge in [-0.15, -0.1) is 11.3 Å². The van der Waals surface area contributed by atoms with Gasteiger partial charge < -0.3 is 10.6 Å². The number of carbonyl (C=O) groups is 2. The summed E-state index contributed by atoms with van der Waals surface area (Å²) >= 11 is 1.18. The highest BCUT2D eigenvalue weighted by Gasteiger charge is 2.25. The van der Waals surface area contributed by atoms with Crippen LogP contribution in [0.5, 0.6) is 0 Å². The van der Waals surface area contributed by atoms with E-state index in [2.05, 4.69) is 22.5 Å². The van der Waals surface area contributed by atoms with Gasteiger partial charge >= 0.3 is 0 Å². The predicted octanol–water partition coefficient (Wildman–Crippen LogP) is 5.79. The van der Waals surface area contributed by atoms with Crippen LogP contribution >= 0.6 is 11.3 Å². The highest BCUT2D eigenvalue weighted by atomic mass is 32.1. The molecule has 186 valence electrons. The van der Waals surface area contributed by atoms with Crippen LogP contribution in [0.4, 0.5) is 11.4 Å². The molecule has 0 saturated heterocycles. The molecule has 0 fully saturated rings. The lowest BCUT2D eigenvalue weighted by Crippen LogP contribution is -2.33. The van der Waals surface area contributed by atoms with Gasteiger partial charge in [0, 0.05) is 11.4 Å². The Morgan fingerprint density at radius 2 is 1.75 bits per heavy atom. The van der Waals surface area contributed by atoms with E-state index in [1.54, 1.807) is 6.92 Å². The van der Waals surface area contributed by atoms with E-state index >= 15 is 0 Å². The summed E-state index contributed by atoms with van der Waals surface area (Å²) in [6, 6.07) is 12.7. The average Bonchev–Trinajstić information content (AvgIpc) is 3.20. The van der Waals surface area contributed by atoms with Crippen LogP contribution in [0, 0.1) is 20.8 Å². The molecule has 36 heavy (non-hydrogen) atoms. The van der Waals surface area contributed by atoms with Crippen molar-refractivity contribution in [3.05, 3.63) is 86.3 Å². The van der Waals surface area contributed by atoms with Crippen LogP contribution in [-0.2, 0) is 11.2 Å². The van der Waals surface area contributed by atoms with Crippen molar-refractivity contribution in [2.45, 2.75) is 53.5 Å². The topological polar surface area (TPSA) is 93.1 Å². The van der Waals surface area contributed by atoms with Gasteiger partial charge in [0.2, 0.25) is 5.91 Å². The van der Waals surface area contributed by atoms with E-state index in [0.29, 0.717) is 32.8 Å². The minimum atomic E-state index is -0.730. The molecule has 2 aromatic heterocycles. The SMILES string of the molecule is CCc1ccc(NC(=O)C(CC)n2cnc3sc(C(=O)Nc4ccc(C)cc4C)c(C)c3c2=O)cc1. The van der Waals surface area contributed by atoms with Gasteiger partial charge in [-0.25, -0.2) is 4.98 Å². The second-order valence-electron chi connectivity index (χ2n) is 8.93. The molecule has 2 N–H and O–H groups in total. The highest BCUT2D eigenvalue weighted by Crippen LogP contribution is 2.29. The monoisotopic (exact) mass is 502 g/mol. The third-order valence-corrected chi connectivity index (χ3v) is 7.57. The van der Waals surface area contributed by atoms with Crippen molar-refractivity contribution in [3.8, 4) is 0 Å². The van der Waals surface area contributed by atoms with E-state index in [0.717, 1.165) is 23.2 Å². The van der Waals surface area contributed by atoms with Gasteiger partial charge in [-0.1, -0.05) is 43.7 Å². The van der Waals surface area contributed by atoms with Gasteiger partial charge in [0.05, 0.1) is 16.6 Å². The van der Waals surface area contributed by atoms with Crippen molar-refractivity contribution in [2.75, 3.05) is 10.6 Å². The molecule has 0 aliphatic carbocycles. The summed E-state index contributed by atoms with van der Waals surface area (Å²) in [6.07, 6.45) is 2.73. The van der Waals surface area contributed by atoms with Crippen LogP contribution < -0.4 is 16.2 Å². The number of aryl methyl sites for hydroxylation is 4. The van der Waals surface area contributed by atoms with Crippen molar-refractivity contribution in [1.82, 2.24) is 9.55 Å². The first-order valence-corrected chi connectivity index (χ1v) is 12.8. The lowest BCUT2D eigenvalue weighted by Gasteiger charge is -2.17. The fraction of sp³-hybridized carbons (Fsp3) is 0.286. The molecule has 1 atom stereocenters. The maximum atomic E-state index is 13.5. The van der Waals surface area contributed by atoms with Crippen molar-refractivity contribution in [2.24, 2.45) is 0 Å². The first-order chi connectivity index (χ1) is 17.2. The largest absolute Gasteiger partial charge is 0.324 e. The number of hydrogen-bond acceptors (Lipinski definition) is 5. The molecule has 7 nitrogen and oxygen atoms in total. The highest BCUT2D eigenvalue weighted by molar-refractivity contribution is 7.20. The summed E-state index contributed by atoms with van der Waals surface area (Å²) in [6.45, 7) is 9.61. The lowest BCUT2D eigenvalue weighted by atomic mass is 10.1. The van der Waals surface area contributed by atoms with Crippen molar-refractivity contribution < 1.29 is 9.59 Å². The molecule has 0 bridgehead atoms. The number of amides is 2. The molecule has 8 heteroatoms. The van der Waals surface area contributed by atoms with Gasteiger partial charge in [-0.3, -0.25) is 19.0 Å². The third kappa shape index (κ3) is 4.95. The number of rotatable bonds is 7. The molecule has 4 aromatic rings. The molecular weight excluding hydrogens is 472 g/mol. The van der Waals surface area contributed by atoms with E-state index in [9.17, 15) is 14.4 Å². The van der Waals surface area contributed by atoms with Crippen molar-refractivity contribution in [3.63, 3.8) is 0 Å². The maximum Gasteiger partial charge on any atom is 0.266 e. The van der Waals surface area contributed by atoms with E-state index < -0.39 is 6.04 Å². The van der Waals surface area contributed by atoms with E-state index in [1.165, 1.54) is 27.8 Å². The Labute approximate surface area is 214 Å². The Morgan fingerprint density at radius 1 is 1.03 bits per heavy atom. The van der Waals surface area contributed by atoms with E-state index in [-0.39, 0.29) is 17.4 Å². The molecular formula is C28H30N4O3S. The summed E-state index contributed by atoms with van der Waals surface area (Å²) in [5, 5.41) is 6.22. The number of benzene rings is 2. The molecule has 2 amide bonds.